The summed E-state index contributed by atoms with van der Waals surface area (Å²) in [6.07, 6.45) is 1.51. The van der Waals surface area contributed by atoms with E-state index in [1.807, 2.05) is 0 Å². The average Bonchev–Trinajstić information content (AvgIpc) is 2.62. The number of hydrogen-bond donors (Lipinski definition) is 2. The topological polar surface area (TPSA) is 81.8 Å². The van der Waals surface area contributed by atoms with Crippen LogP contribution in [-0.4, -0.2) is 29.7 Å². The first-order valence-electron chi connectivity index (χ1n) is 7.65. The van der Waals surface area contributed by atoms with Crippen LogP contribution >= 0.6 is 11.8 Å². The standard InChI is InChI=1S/C19H21NO4S/c1-3-12-24-18(21)19(22,25-17-7-5-4-6-16(17)20)13-14-8-10-15(23-2)11-9-14/h3-11,22H,1,12-13,20H2,2H3. The van der Waals surface area contributed by atoms with Gasteiger partial charge in [-0.05, 0) is 29.8 Å². The van der Waals surface area contributed by atoms with E-state index in [4.69, 9.17) is 15.2 Å². The second-order valence-electron chi connectivity index (χ2n) is 5.34. The highest BCUT2D eigenvalue weighted by atomic mass is 32.2. The third-order valence-electron chi connectivity index (χ3n) is 3.45. The molecule has 0 bridgehead atoms. The van der Waals surface area contributed by atoms with Crippen molar-refractivity contribution in [1.82, 2.24) is 0 Å². The molecule has 0 amide bonds. The molecule has 1 unspecified atom stereocenters. The summed E-state index contributed by atoms with van der Waals surface area (Å²) in [5.74, 6) is -0.0436. The van der Waals surface area contributed by atoms with Crippen molar-refractivity contribution in [2.45, 2.75) is 16.2 Å². The van der Waals surface area contributed by atoms with Crippen LogP contribution in [0.2, 0.25) is 0 Å². The molecule has 3 N–H and O–H groups in total. The molecular weight excluding hydrogens is 338 g/mol. The molecule has 2 rings (SSSR count). The summed E-state index contributed by atoms with van der Waals surface area (Å²) < 4.78 is 10.2. The Bertz CT molecular complexity index is 732. The van der Waals surface area contributed by atoms with Crippen molar-refractivity contribution in [3.63, 3.8) is 0 Å². The fraction of sp³-hybridized carbons (Fsp3) is 0.211. The van der Waals surface area contributed by atoms with Crippen molar-refractivity contribution in [3.8, 4) is 5.75 Å². The van der Waals surface area contributed by atoms with Crippen LogP contribution in [-0.2, 0) is 16.0 Å². The smallest absolute Gasteiger partial charge is 0.349 e. The number of rotatable bonds is 8. The van der Waals surface area contributed by atoms with E-state index < -0.39 is 10.9 Å². The lowest BCUT2D eigenvalue weighted by Gasteiger charge is -2.26. The molecule has 0 aliphatic rings. The first-order chi connectivity index (χ1) is 12.0. The molecule has 6 heteroatoms. The van der Waals surface area contributed by atoms with Crippen molar-refractivity contribution < 1.29 is 19.4 Å². The highest BCUT2D eigenvalue weighted by Crippen LogP contribution is 2.38. The van der Waals surface area contributed by atoms with Crippen LogP contribution in [0.5, 0.6) is 5.75 Å². The second kappa shape index (κ2) is 8.60. The number of anilines is 1. The van der Waals surface area contributed by atoms with E-state index in [9.17, 15) is 9.90 Å². The summed E-state index contributed by atoms with van der Waals surface area (Å²) in [4.78, 5) is 11.3. The molecule has 0 aliphatic heterocycles. The molecule has 25 heavy (non-hydrogen) atoms. The van der Waals surface area contributed by atoms with Crippen LogP contribution in [0, 0.1) is 0 Å². The molecule has 1 atom stereocenters. The Hall–Kier alpha value is -2.44. The molecule has 0 fully saturated rings. The first kappa shape index (κ1) is 18.9. The van der Waals surface area contributed by atoms with Crippen molar-refractivity contribution >= 4 is 23.4 Å². The van der Waals surface area contributed by atoms with Gasteiger partial charge in [-0.3, -0.25) is 0 Å². The van der Waals surface area contributed by atoms with Crippen molar-refractivity contribution in [1.29, 1.82) is 0 Å². The number of benzene rings is 2. The van der Waals surface area contributed by atoms with Gasteiger partial charge in [-0.2, -0.15) is 0 Å². The highest BCUT2D eigenvalue weighted by molar-refractivity contribution is 8.01. The Morgan fingerprint density at radius 1 is 1.28 bits per heavy atom. The summed E-state index contributed by atoms with van der Waals surface area (Å²) in [5.41, 5.74) is 7.19. The van der Waals surface area contributed by atoms with Crippen molar-refractivity contribution in [3.05, 3.63) is 66.7 Å². The minimum Gasteiger partial charge on any atom is -0.497 e. The monoisotopic (exact) mass is 359 g/mol. The fourth-order valence-electron chi connectivity index (χ4n) is 2.17. The number of hydrogen-bond acceptors (Lipinski definition) is 6. The molecule has 0 aliphatic carbocycles. The number of esters is 1. The number of nitrogens with two attached hydrogens (primary N) is 1. The van der Waals surface area contributed by atoms with Gasteiger partial charge in [0.25, 0.3) is 0 Å². The van der Waals surface area contributed by atoms with Crippen molar-refractivity contribution in [2.75, 3.05) is 19.5 Å². The molecule has 5 nitrogen and oxygen atoms in total. The molecule has 132 valence electrons. The van der Waals surface area contributed by atoms with Gasteiger partial charge in [0.1, 0.15) is 12.4 Å². The lowest BCUT2D eigenvalue weighted by molar-refractivity contribution is -0.155. The second-order valence-corrected chi connectivity index (χ2v) is 6.66. The molecule has 0 radical (unpaired) electrons. The third-order valence-corrected chi connectivity index (χ3v) is 4.69. The van der Waals surface area contributed by atoms with E-state index in [0.717, 1.165) is 17.3 Å². The molecule has 2 aromatic rings. The number of carbonyl (C=O) groups is 1. The van der Waals surface area contributed by atoms with Gasteiger partial charge < -0.3 is 20.3 Å². The molecule has 0 heterocycles. The minimum atomic E-state index is -1.81. The average molecular weight is 359 g/mol. The Kier molecular flexibility index (Phi) is 6.50. The van der Waals surface area contributed by atoms with E-state index in [2.05, 4.69) is 6.58 Å². The number of aliphatic hydroxyl groups is 1. The summed E-state index contributed by atoms with van der Waals surface area (Å²) in [6, 6.07) is 14.2. The minimum absolute atomic E-state index is 0.0224. The summed E-state index contributed by atoms with van der Waals surface area (Å²) >= 11 is 0.971. The van der Waals surface area contributed by atoms with E-state index >= 15 is 0 Å². The predicted molar refractivity (Wildman–Crippen MR) is 99.5 cm³/mol. The lowest BCUT2D eigenvalue weighted by atomic mass is 10.1. The Morgan fingerprint density at radius 3 is 2.56 bits per heavy atom. The number of thioether (sulfide) groups is 1. The largest absolute Gasteiger partial charge is 0.497 e. The maximum Gasteiger partial charge on any atom is 0.349 e. The number of carbonyl (C=O) groups excluding carboxylic acids is 1. The predicted octanol–water partition coefficient (Wildman–Crippen LogP) is 3.03. The molecular formula is C19H21NO4S. The maximum atomic E-state index is 12.5. The molecule has 0 saturated carbocycles. The van der Waals surface area contributed by atoms with Gasteiger partial charge in [-0.1, -0.05) is 48.7 Å². The van der Waals surface area contributed by atoms with Crippen LogP contribution in [0.3, 0.4) is 0 Å². The molecule has 0 spiro atoms. The molecule has 0 saturated heterocycles. The lowest BCUT2D eigenvalue weighted by Crippen LogP contribution is -2.39. The van der Waals surface area contributed by atoms with Gasteiger partial charge in [-0.15, -0.1) is 0 Å². The van der Waals surface area contributed by atoms with Gasteiger partial charge in [-0.25, -0.2) is 4.79 Å². The summed E-state index contributed by atoms with van der Waals surface area (Å²) in [7, 11) is 1.58. The summed E-state index contributed by atoms with van der Waals surface area (Å²) in [6.45, 7) is 3.54. The zero-order valence-electron chi connectivity index (χ0n) is 14.0. The van der Waals surface area contributed by atoms with Crippen LogP contribution in [0.25, 0.3) is 0 Å². The maximum absolute atomic E-state index is 12.5. The number of nitrogen functional groups attached to an aromatic ring is 1. The zero-order chi connectivity index (χ0) is 18.3. The zero-order valence-corrected chi connectivity index (χ0v) is 14.8. The Balaban J connectivity index is 2.28. The van der Waals surface area contributed by atoms with E-state index in [1.54, 1.807) is 55.6 Å². The van der Waals surface area contributed by atoms with E-state index in [1.165, 1.54) is 6.08 Å². The van der Waals surface area contributed by atoms with E-state index in [0.29, 0.717) is 16.3 Å². The van der Waals surface area contributed by atoms with Gasteiger partial charge in [0, 0.05) is 17.0 Å². The normalized spacial score (nSPS) is 12.9. The summed E-state index contributed by atoms with van der Waals surface area (Å²) in [5, 5.41) is 11.0. The van der Waals surface area contributed by atoms with E-state index in [-0.39, 0.29) is 13.0 Å². The van der Waals surface area contributed by atoms with Crippen LogP contribution < -0.4 is 10.5 Å². The highest BCUT2D eigenvalue weighted by Gasteiger charge is 2.39. The third kappa shape index (κ3) is 5.01. The van der Waals surface area contributed by atoms with Crippen LogP contribution in [0.4, 0.5) is 5.69 Å². The molecule has 2 aromatic carbocycles. The quantitative estimate of drug-likeness (QED) is 0.248. The van der Waals surface area contributed by atoms with Crippen LogP contribution in [0.15, 0.2) is 66.1 Å². The Labute approximate surface area is 151 Å². The van der Waals surface area contributed by atoms with Gasteiger partial charge in [0.2, 0.25) is 4.93 Å². The fourth-order valence-corrected chi connectivity index (χ4v) is 3.25. The molecule has 0 aromatic heterocycles. The number of ether oxygens (including phenoxy) is 2. The van der Waals surface area contributed by atoms with Gasteiger partial charge in [0.05, 0.1) is 7.11 Å². The first-order valence-corrected chi connectivity index (χ1v) is 8.47. The van der Waals surface area contributed by atoms with Gasteiger partial charge >= 0.3 is 5.97 Å². The van der Waals surface area contributed by atoms with Gasteiger partial charge in [0.15, 0.2) is 0 Å². The SMILES string of the molecule is C=CCOC(=O)C(O)(Cc1ccc(OC)cc1)Sc1ccccc1N. The van der Waals surface area contributed by atoms with Crippen molar-refractivity contribution in [2.24, 2.45) is 0 Å². The number of para-hydroxylation sites is 1. The Morgan fingerprint density at radius 2 is 1.96 bits per heavy atom. The van der Waals surface area contributed by atoms with Crippen LogP contribution in [0.1, 0.15) is 5.56 Å². The number of methoxy groups -OCH3 is 1.